The largest absolute Gasteiger partial charge is 0.508 e. The fourth-order valence-corrected chi connectivity index (χ4v) is 3.70. The summed E-state index contributed by atoms with van der Waals surface area (Å²) in [5, 5.41) is 12.0. The van der Waals surface area contributed by atoms with Crippen molar-refractivity contribution in [3.63, 3.8) is 0 Å². The predicted molar refractivity (Wildman–Crippen MR) is 124 cm³/mol. The summed E-state index contributed by atoms with van der Waals surface area (Å²) in [6.07, 6.45) is -1.08. The Bertz CT molecular complexity index is 1230. The standard InChI is InChI=1S/C25H23FN4O3/c1-30-21-9-5-3-7-18(21)22(17-6-2-4-8-19(17)26)28-23(25(30)33)29-24(32)20(27)14-15-10-12-16(31)13-11-15/h2-13,20,23,31H,14,27H2,1H3,(H,29,32). The van der Waals surface area contributed by atoms with Crippen molar-refractivity contribution in [2.75, 3.05) is 11.9 Å². The maximum Gasteiger partial charge on any atom is 0.272 e. The predicted octanol–water partition coefficient (Wildman–Crippen LogP) is 2.36. The molecule has 0 saturated heterocycles. The average Bonchev–Trinajstić information content (AvgIpc) is 2.91. The van der Waals surface area contributed by atoms with Gasteiger partial charge in [-0.25, -0.2) is 9.38 Å². The van der Waals surface area contributed by atoms with Gasteiger partial charge in [0.25, 0.3) is 5.91 Å². The molecule has 4 N–H and O–H groups in total. The van der Waals surface area contributed by atoms with Crippen molar-refractivity contribution in [1.29, 1.82) is 0 Å². The average molecular weight is 446 g/mol. The Morgan fingerprint density at radius 1 is 1.09 bits per heavy atom. The first-order valence-electron chi connectivity index (χ1n) is 10.4. The highest BCUT2D eigenvalue weighted by Gasteiger charge is 2.32. The van der Waals surface area contributed by atoms with Crippen LogP contribution in [0.3, 0.4) is 0 Å². The summed E-state index contributed by atoms with van der Waals surface area (Å²) in [5.74, 6) is -1.42. The van der Waals surface area contributed by atoms with Gasteiger partial charge in [0.15, 0.2) is 0 Å². The number of nitrogens with zero attached hydrogens (tertiary/aromatic N) is 2. The summed E-state index contributed by atoms with van der Waals surface area (Å²) in [6.45, 7) is 0. The number of fused-ring (bicyclic) bond motifs is 1. The van der Waals surface area contributed by atoms with Crippen LogP contribution in [0.25, 0.3) is 0 Å². The Morgan fingerprint density at radius 2 is 1.73 bits per heavy atom. The first kappa shape index (κ1) is 22.2. The molecule has 4 rings (SSSR count). The highest BCUT2D eigenvalue weighted by Crippen LogP contribution is 2.28. The lowest BCUT2D eigenvalue weighted by molar-refractivity contribution is -0.128. The lowest BCUT2D eigenvalue weighted by atomic mass is 10.00. The summed E-state index contributed by atoms with van der Waals surface area (Å²) in [7, 11) is 1.58. The molecule has 1 aliphatic heterocycles. The summed E-state index contributed by atoms with van der Waals surface area (Å²) in [5.41, 5.74) is 8.43. The number of anilines is 1. The lowest BCUT2D eigenvalue weighted by Crippen LogP contribution is -2.51. The molecule has 8 heteroatoms. The van der Waals surface area contributed by atoms with Gasteiger partial charge in [0, 0.05) is 18.2 Å². The van der Waals surface area contributed by atoms with E-state index in [0.29, 0.717) is 11.3 Å². The number of aliphatic imine (C=N–C) groups is 1. The number of nitrogens with one attached hydrogen (secondary N) is 1. The molecule has 33 heavy (non-hydrogen) atoms. The second kappa shape index (κ2) is 9.22. The minimum Gasteiger partial charge on any atom is -0.508 e. The summed E-state index contributed by atoms with van der Waals surface area (Å²) in [6, 6.07) is 18.6. The van der Waals surface area contributed by atoms with Crippen molar-refractivity contribution in [3.8, 4) is 5.75 Å². The van der Waals surface area contributed by atoms with E-state index < -0.39 is 29.8 Å². The monoisotopic (exact) mass is 446 g/mol. The molecule has 0 spiro atoms. The van der Waals surface area contributed by atoms with Crippen LogP contribution in [-0.2, 0) is 16.0 Å². The normalized spacial score (nSPS) is 16.5. The summed E-state index contributed by atoms with van der Waals surface area (Å²) >= 11 is 0. The molecule has 1 aliphatic rings. The van der Waals surface area contributed by atoms with Gasteiger partial charge in [-0.05, 0) is 42.3 Å². The molecule has 2 atom stereocenters. The Kier molecular flexibility index (Phi) is 6.19. The molecule has 0 bridgehead atoms. The number of hydrogen-bond donors (Lipinski definition) is 3. The number of rotatable bonds is 5. The van der Waals surface area contributed by atoms with E-state index in [1.54, 1.807) is 61.6 Å². The number of halogens is 1. The van der Waals surface area contributed by atoms with Crippen LogP contribution < -0.4 is 16.0 Å². The van der Waals surface area contributed by atoms with Crippen LogP contribution in [0.15, 0.2) is 77.8 Å². The number of nitrogens with two attached hydrogens (primary N) is 1. The van der Waals surface area contributed by atoms with Crippen molar-refractivity contribution in [1.82, 2.24) is 5.32 Å². The van der Waals surface area contributed by atoms with E-state index in [-0.39, 0.29) is 23.4 Å². The highest BCUT2D eigenvalue weighted by molar-refractivity contribution is 6.20. The Hall–Kier alpha value is -4.04. The fraction of sp³-hybridized carbons (Fsp3) is 0.160. The van der Waals surface area contributed by atoms with Crippen molar-refractivity contribution in [2.45, 2.75) is 18.6 Å². The summed E-state index contributed by atoms with van der Waals surface area (Å²) in [4.78, 5) is 31.9. The second-order valence-corrected chi connectivity index (χ2v) is 7.76. The molecular weight excluding hydrogens is 423 g/mol. The third-order valence-corrected chi connectivity index (χ3v) is 5.48. The van der Waals surface area contributed by atoms with Crippen molar-refractivity contribution < 1.29 is 19.1 Å². The number of carbonyl (C=O) groups is 2. The second-order valence-electron chi connectivity index (χ2n) is 7.76. The number of likely N-dealkylation sites (N-methyl/N-ethyl adjacent to an activating group) is 1. The van der Waals surface area contributed by atoms with Crippen LogP contribution in [0.2, 0.25) is 0 Å². The molecule has 168 valence electrons. The van der Waals surface area contributed by atoms with Gasteiger partial charge in [-0.15, -0.1) is 0 Å². The van der Waals surface area contributed by atoms with Crippen LogP contribution in [0, 0.1) is 5.82 Å². The Labute approximate surface area is 190 Å². The van der Waals surface area contributed by atoms with Crippen LogP contribution in [0.5, 0.6) is 5.75 Å². The number of benzene rings is 3. The lowest BCUT2D eigenvalue weighted by Gasteiger charge is -2.22. The molecule has 3 aromatic rings. The van der Waals surface area contributed by atoms with Gasteiger partial charge in [-0.2, -0.15) is 0 Å². The molecular formula is C25H23FN4O3. The van der Waals surface area contributed by atoms with E-state index in [4.69, 9.17) is 5.73 Å². The number of para-hydroxylation sites is 1. The molecule has 0 radical (unpaired) electrons. The molecule has 0 fully saturated rings. The van der Waals surface area contributed by atoms with Gasteiger partial charge >= 0.3 is 0 Å². The minimum absolute atomic E-state index is 0.110. The van der Waals surface area contributed by atoms with Gasteiger partial charge in [0.2, 0.25) is 12.1 Å². The third kappa shape index (κ3) is 4.61. The maximum absolute atomic E-state index is 14.7. The molecule has 2 unspecified atom stereocenters. The van der Waals surface area contributed by atoms with Crippen molar-refractivity contribution >= 4 is 23.2 Å². The molecule has 0 aliphatic carbocycles. The first-order chi connectivity index (χ1) is 15.8. The zero-order chi connectivity index (χ0) is 23.5. The number of phenolic OH excluding ortho intramolecular Hbond substituents is 1. The van der Waals surface area contributed by atoms with Crippen molar-refractivity contribution in [3.05, 3.63) is 95.3 Å². The van der Waals surface area contributed by atoms with Gasteiger partial charge in [0.1, 0.15) is 11.6 Å². The third-order valence-electron chi connectivity index (χ3n) is 5.48. The smallest absolute Gasteiger partial charge is 0.272 e. The van der Waals surface area contributed by atoms with E-state index in [0.717, 1.165) is 5.56 Å². The van der Waals surface area contributed by atoms with Crippen LogP contribution in [0.1, 0.15) is 16.7 Å². The zero-order valence-corrected chi connectivity index (χ0v) is 17.9. The Balaban J connectivity index is 1.66. The number of hydrogen-bond acceptors (Lipinski definition) is 5. The number of phenols is 1. The van der Waals surface area contributed by atoms with Gasteiger partial charge in [-0.3, -0.25) is 9.59 Å². The van der Waals surface area contributed by atoms with Gasteiger partial charge < -0.3 is 21.1 Å². The number of benzodiazepines with no additional fused rings is 1. The first-order valence-corrected chi connectivity index (χ1v) is 10.4. The summed E-state index contributed by atoms with van der Waals surface area (Å²) < 4.78 is 14.7. The van der Waals surface area contributed by atoms with Crippen molar-refractivity contribution in [2.24, 2.45) is 10.7 Å². The fourth-order valence-electron chi connectivity index (χ4n) is 3.70. The quantitative estimate of drug-likeness (QED) is 0.559. The Morgan fingerprint density at radius 3 is 2.42 bits per heavy atom. The van der Waals surface area contributed by atoms with Crippen LogP contribution >= 0.6 is 0 Å². The van der Waals surface area contributed by atoms with Crippen LogP contribution in [0.4, 0.5) is 10.1 Å². The van der Waals surface area contributed by atoms with E-state index in [1.165, 1.54) is 23.1 Å². The zero-order valence-electron chi connectivity index (χ0n) is 17.9. The van der Waals surface area contributed by atoms with E-state index in [9.17, 15) is 19.1 Å². The molecule has 7 nitrogen and oxygen atoms in total. The van der Waals surface area contributed by atoms with Crippen LogP contribution in [-0.4, -0.2) is 41.9 Å². The topological polar surface area (TPSA) is 108 Å². The number of carbonyl (C=O) groups excluding carboxylic acids is 2. The molecule has 3 aromatic carbocycles. The highest BCUT2D eigenvalue weighted by atomic mass is 19.1. The number of amides is 2. The van der Waals surface area contributed by atoms with E-state index >= 15 is 0 Å². The van der Waals surface area contributed by atoms with Gasteiger partial charge in [0.05, 0.1) is 17.4 Å². The molecule has 0 aromatic heterocycles. The number of aromatic hydroxyl groups is 1. The molecule has 2 amide bonds. The molecule has 0 saturated carbocycles. The molecule has 1 heterocycles. The van der Waals surface area contributed by atoms with E-state index in [2.05, 4.69) is 10.3 Å². The van der Waals surface area contributed by atoms with E-state index in [1.807, 2.05) is 0 Å². The van der Waals surface area contributed by atoms with Gasteiger partial charge in [-0.1, -0.05) is 42.5 Å². The maximum atomic E-state index is 14.7. The SMILES string of the molecule is CN1C(=O)C(NC(=O)C(N)Cc2ccc(O)cc2)N=C(c2ccccc2F)c2ccccc21. The minimum atomic E-state index is -1.28.